The largest absolute Gasteiger partial charge is 0.439 e. The molecule has 0 aliphatic carbocycles. The van der Waals surface area contributed by atoms with Crippen LogP contribution in [0.4, 0.5) is 10.1 Å². The summed E-state index contributed by atoms with van der Waals surface area (Å²) in [6.07, 6.45) is 0. The third kappa shape index (κ3) is 2.40. The normalized spacial score (nSPS) is 10.7. The number of aromatic nitrogens is 1. The van der Waals surface area contributed by atoms with Crippen molar-refractivity contribution in [3.63, 3.8) is 0 Å². The second kappa shape index (κ2) is 4.81. The summed E-state index contributed by atoms with van der Waals surface area (Å²) in [7, 11) is 0. The Bertz CT molecular complexity index is 787. The lowest BCUT2D eigenvalue weighted by Gasteiger charge is -2.07. The maximum absolute atomic E-state index is 13.5. The number of hydrogen-bond donors (Lipinski definition) is 1. The van der Waals surface area contributed by atoms with Gasteiger partial charge in [-0.25, -0.2) is 9.37 Å². The number of pyridine rings is 1. The molecule has 0 unspecified atom stereocenters. The average molecular weight is 268 g/mol. The number of ether oxygens (including phenoxy) is 1. The molecule has 3 aromatic rings. The molecule has 100 valence electrons. The molecule has 0 saturated carbocycles. The highest BCUT2D eigenvalue weighted by Gasteiger charge is 2.04. The first kappa shape index (κ1) is 12.4. The molecule has 0 radical (unpaired) electrons. The van der Waals surface area contributed by atoms with Gasteiger partial charge in [-0.05, 0) is 42.8 Å². The van der Waals surface area contributed by atoms with Gasteiger partial charge in [-0.1, -0.05) is 6.07 Å². The standard InChI is InChI=1S/C16H13FN2O/c1-10-2-5-13(9-14(10)17)20-16-7-3-11-8-12(18)4-6-15(11)19-16/h2-9H,18H2,1H3. The molecule has 0 amide bonds. The smallest absolute Gasteiger partial charge is 0.219 e. The van der Waals surface area contributed by atoms with Crippen LogP contribution in [0.15, 0.2) is 48.5 Å². The van der Waals surface area contributed by atoms with E-state index >= 15 is 0 Å². The van der Waals surface area contributed by atoms with Crippen LogP contribution in [0.1, 0.15) is 5.56 Å². The van der Waals surface area contributed by atoms with Crippen LogP contribution in [-0.4, -0.2) is 4.98 Å². The molecule has 1 heterocycles. The summed E-state index contributed by atoms with van der Waals surface area (Å²) in [4.78, 5) is 4.36. The zero-order valence-corrected chi connectivity index (χ0v) is 10.9. The van der Waals surface area contributed by atoms with Crippen molar-refractivity contribution in [2.24, 2.45) is 0 Å². The van der Waals surface area contributed by atoms with Crippen LogP contribution in [0.25, 0.3) is 10.9 Å². The van der Waals surface area contributed by atoms with Crippen molar-refractivity contribution in [2.45, 2.75) is 6.92 Å². The highest BCUT2D eigenvalue weighted by Crippen LogP contribution is 2.24. The van der Waals surface area contributed by atoms with Gasteiger partial charge in [-0.2, -0.15) is 0 Å². The third-order valence-corrected chi connectivity index (χ3v) is 3.05. The van der Waals surface area contributed by atoms with Crippen molar-refractivity contribution >= 4 is 16.6 Å². The van der Waals surface area contributed by atoms with Gasteiger partial charge in [0.15, 0.2) is 0 Å². The Balaban J connectivity index is 1.94. The first-order valence-electron chi connectivity index (χ1n) is 6.22. The molecule has 2 N–H and O–H groups in total. The van der Waals surface area contributed by atoms with Crippen molar-refractivity contribution in [3.8, 4) is 11.6 Å². The molecular weight excluding hydrogens is 255 g/mol. The molecule has 4 heteroatoms. The van der Waals surface area contributed by atoms with Crippen molar-refractivity contribution in [2.75, 3.05) is 5.73 Å². The Kier molecular flexibility index (Phi) is 2.99. The molecule has 0 bridgehead atoms. The van der Waals surface area contributed by atoms with E-state index in [4.69, 9.17) is 10.5 Å². The van der Waals surface area contributed by atoms with E-state index in [0.717, 1.165) is 10.9 Å². The Hall–Kier alpha value is -2.62. The minimum Gasteiger partial charge on any atom is -0.439 e. The number of benzene rings is 2. The van der Waals surface area contributed by atoms with E-state index in [9.17, 15) is 4.39 Å². The summed E-state index contributed by atoms with van der Waals surface area (Å²) in [5.74, 6) is 0.553. The second-order valence-electron chi connectivity index (χ2n) is 4.61. The van der Waals surface area contributed by atoms with Crippen LogP contribution in [0.2, 0.25) is 0 Å². The highest BCUT2D eigenvalue weighted by atomic mass is 19.1. The van der Waals surface area contributed by atoms with E-state index < -0.39 is 0 Å². The SMILES string of the molecule is Cc1ccc(Oc2ccc3cc(N)ccc3n2)cc1F. The molecule has 0 fully saturated rings. The quantitative estimate of drug-likeness (QED) is 0.713. The summed E-state index contributed by atoms with van der Waals surface area (Å²) >= 11 is 0. The minimum absolute atomic E-state index is 0.295. The zero-order chi connectivity index (χ0) is 14.1. The molecule has 0 saturated heterocycles. The molecule has 0 aliphatic rings. The van der Waals surface area contributed by atoms with Crippen molar-refractivity contribution in [1.29, 1.82) is 0 Å². The lowest BCUT2D eigenvalue weighted by Crippen LogP contribution is -1.91. The highest BCUT2D eigenvalue weighted by molar-refractivity contribution is 5.82. The van der Waals surface area contributed by atoms with Crippen LogP contribution >= 0.6 is 0 Å². The number of nitrogens with zero attached hydrogens (tertiary/aromatic N) is 1. The van der Waals surface area contributed by atoms with E-state index in [1.165, 1.54) is 6.07 Å². The number of aryl methyl sites for hydroxylation is 1. The van der Waals surface area contributed by atoms with E-state index in [0.29, 0.717) is 22.9 Å². The first-order chi connectivity index (χ1) is 9.61. The molecular formula is C16H13FN2O. The summed E-state index contributed by atoms with van der Waals surface area (Å²) in [6.45, 7) is 1.71. The monoisotopic (exact) mass is 268 g/mol. The van der Waals surface area contributed by atoms with Gasteiger partial charge < -0.3 is 10.5 Å². The van der Waals surface area contributed by atoms with E-state index in [1.54, 1.807) is 31.2 Å². The maximum atomic E-state index is 13.5. The molecule has 3 nitrogen and oxygen atoms in total. The first-order valence-corrected chi connectivity index (χ1v) is 6.22. The number of hydrogen-bond acceptors (Lipinski definition) is 3. The van der Waals surface area contributed by atoms with Gasteiger partial charge in [0.25, 0.3) is 0 Å². The average Bonchev–Trinajstić information content (AvgIpc) is 2.43. The number of nitrogens with two attached hydrogens (primary N) is 1. The van der Waals surface area contributed by atoms with Crippen LogP contribution in [0.5, 0.6) is 11.6 Å². The predicted molar refractivity (Wildman–Crippen MR) is 77.4 cm³/mol. The lowest BCUT2D eigenvalue weighted by atomic mass is 10.2. The van der Waals surface area contributed by atoms with Gasteiger partial charge in [0.05, 0.1) is 5.52 Å². The van der Waals surface area contributed by atoms with Crippen LogP contribution < -0.4 is 10.5 Å². The molecule has 3 rings (SSSR count). The van der Waals surface area contributed by atoms with Gasteiger partial charge in [0, 0.05) is 23.2 Å². The van der Waals surface area contributed by atoms with E-state index in [1.807, 2.05) is 18.2 Å². The van der Waals surface area contributed by atoms with Crippen molar-refractivity contribution in [1.82, 2.24) is 4.98 Å². The summed E-state index contributed by atoms with van der Waals surface area (Å²) < 4.78 is 19.0. The topological polar surface area (TPSA) is 48.1 Å². The van der Waals surface area contributed by atoms with E-state index in [-0.39, 0.29) is 5.82 Å². The molecule has 0 atom stereocenters. The Morgan fingerprint density at radius 1 is 1.05 bits per heavy atom. The van der Waals surface area contributed by atoms with Gasteiger partial charge in [-0.3, -0.25) is 0 Å². The van der Waals surface area contributed by atoms with Gasteiger partial charge in [0.1, 0.15) is 11.6 Å². The number of rotatable bonds is 2. The van der Waals surface area contributed by atoms with Gasteiger partial charge >= 0.3 is 0 Å². The molecule has 2 aromatic carbocycles. The van der Waals surface area contributed by atoms with Crippen molar-refractivity contribution < 1.29 is 9.13 Å². The molecule has 0 spiro atoms. The fourth-order valence-electron chi connectivity index (χ4n) is 1.94. The molecule has 0 aliphatic heterocycles. The molecule has 1 aromatic heterocycles. The number of nitrogen functional groups attached to an aromatic ring is 1. The minimum atomic E-state index is -0.295. The Labute approximate surface area is 115 Å². The summed E-state index contributed by atoms with van der Waals surface area (Å²) in [5, 5.41) is 0.937. The third-order valence-electron chi connectivity index (χ3n) is 3.05. The van der Waals surface area contributed by atoms with Crippen LogP contribution in [-0.2, 0) is 0 Å². The van der Waals surface area contributed by atoms with Gasteiger partial charge in [-0.15, -0.1) is 0 Å². The number of anilines is 1. The van der Waals surface area contributed by atoms with Gasteiger partial charge in [0.2, 0.25) is 5.88 Å². The fourth-order valence-corrected chi connectivity index (χ4v) is 1.94. The Morgan fingerprint density at radius 2 is 1.90 bits per heavy atom. The van der Waals surface area contributed by atoms with Crippen LogP contribution in [0, 0.1) is 12.7 Å². The lowest BCUT2D eigenvalue weighted by molar-refractivity contribution is 0.459. The van der Waals surface area contributed by atoms with Crippen LogP contribution in [0.3, 0.4) is 0 Å². The van der Waals surface area contributed by atoms with E-state index in [2.05, 4.69) is 4.98 Å². The van der Waals surface area contributed by atoms with Crippen molar-refractivity contribution in [3.05, 3.63) is 59.9 Å². The molecule has 20 heavy (non-hydrogen) atoms. The Morgan fingerprint density at radius 3 is 2.70 bits per heavy atom. The predicted octanol–water partition coefficient (Wildman–Crippen LogP) is 4.06. The maximum Gasteiger partial charge on any atom is 0.219 e. The second-order valence-corrected chi connectivity index (χ2v) is 4.61. The summed E-state index contributed by atoms with van der Waals surface area (Å²) in [5.41, 5.74) is 7.77. The fraction of sp³-hybridized carbons (Fsp3) is 0.0625. The summed E-state index contributed by atoms with van der Waals surface area (Å²) in [6, 6.07) is 13.8. The zero-order valence-electron chi connectivity index (χ0n) is 10.9. The number of fused-ring (bicyclic) bond motifs is 1. The number of halogens is 1.